The van der Waals surface area contributed by atoms with E-state index in [4.69, 9.17) is 5.53 Å². The summed E-state index contributed by atoms with van der Waals surface area (Å²) in [6.07, 6.45) is 3.43. The Morgan fingerprint density at radius 2 is 2.00 bits per heavy atom. The Balaban J connectivity index is 2.65. The van der Waals surface area contributed by atoms with E-state index in [1.54, 1.807) is 28.5 Å². The van der Waals surface area contributed by atoms with Gasteiger partial charge in [-0.25, -0.2) is 5.53 Å². The maximum absolute atomic E-state index is 10.6. The number of nitrogens with one attached hydrogen (secondary N) is 1. The van der Waals surface area contributed by atoms with Gasteiger partial charge in [-0.1, -0.05) is 6.07 Å². The van der Waals surface area contributed by atoms with Gasteiger partial charge >= 0.3 is 5.24 Å². The van der Waals surface area contributed by atoms with Gasteiger partial charge in [-0.05, 0) is 0 Å². The van der Waals surface area contributed by atoms with E-state index < -0.39 is 5.24 Å². The predicted molar refractivity (Wildman–Crippen MR) is 40.2 cm³/mol. The average molecular weight is 168 g/mol. The highest BCUT2D eigenvalue weighted by atomic mass is 32.2. The van der Waals surface area contributed by atoms with Crippen LogP contribution < -0.4 is 3.97 Å². The third-order valence-corrected chi connectivity index (χ3v) is 1.66. The fourth-order valence-corrected chi connectivity index (χ4v) is 1.04. The van der Waals surface area contributed by atoms with E-state index in [1.807, 2.05) is 6.07 Å². The maximum Gasteiger partial charge on any atom is 0.391 e. The summed E-state index contributed by atoms with van der Waals surface area (Å²) in [5.41, 5.74) is 6.40. The molecule has 0 saturated heterocycles. The first-order valence-electron chi connectivity index (χ1n) is 2.89. The lowest BCUT2D eigenvalue weighted by Gasteiger charge is -1.84. The summed E-state index contributed by atoms with van der Waals surface area (Å²) in [5, 5.41) is 2.21. The fourth-order valence-electron chi connectivity index (χ4n) is 0.554. The zero-order valence-corrected chi connectivity index (χ0v) is 6.41. The van der Waals surface area contributed by atoms with Crippen molar-refractivity contribution in [3.8, 4) is 0 Å². The van der Waals surface area contributed by atoms with Gasteiger partial charge in [0.05, 0.1) is 0 Å². The van der Waals surface area contributed by atoms with Gasteiger partial charge in [0.25, 0.3) is 11.9 Å². The summed E-state index contributed by atoms with van der Waals surface area (Å²) in [6, 6.07) is 5.44. The second kappa shape index (κ2) is 3.82. The van der Waals surface area contributed by atoms with Crippen LogP contribution in [0.2, 0.25) is 0 Å². The highest BCUT2D eigenvalue weighted by Crippen LogP contribution is 1.97. The molecule has 1 rings (SSSR count). The molecule has 4 nitrogen and oxygen atoms in total. The molecule has 11 heavy (non-hydrogen) atoms. The van der Waals surface area contributed by atoms with Crippen LogP contribution in [0.5, 0.6) is 0 Å². The molecular weight excluding hydrogens is 162 g/mol. The van der Waals surface area contributed by atoms with Crippen molar-refractivity contribution in [2.45, 2.75) is 0 Å². The van der Waals surface area contributed by atoms with Crippen LogP contribution in [0.4, 0.5) is 4.79 Å². The molecule has 1 aromatic heterocycles. The molecule has 0 aromatic carbocycles. The molecule has 0 aliphatic heterocycles. The molecule has 1 N–H and O–H groups in total. The lowest BCUT2D eigenvalue weighted by atomic mass is 10.5. The predicted octanol–water partition coefficient (Wildman–Crippen LogP) is 1.62. The molecule has 1 amide bonds. The Morgan fingerprint density at radius 3 is 2.55 bits per heavy atom. The fraction of sp³-hybridized carbons (Fsp3) is 0. The topological polar surface area (TPSA) is 57.2 Å². The Hall–Kier alpha value is -1.23. The minimum absolute atomic E-state index is 0.527. The van der Waals surface area contributed by atoms with Gasteiger partial charge in [0.15, 0.2) is 12.4 Å². The molecule has 0 aliphatic carbocycles. The van der Waals surface area contributed by atoms with Gasteiger partial charge in [0.1, 0.15) is 0 Å². The number of aromatic nitrogens is 1. The van der Waals surface area contributed by atoms with Crippen molar-refractivity contribution >= 4 is 17.2 Å². The molecule has 56 valence electrons. The van der Waals surface area contributed by atoms with Crippen LogP contribution in [0.3, 0.4) is 0 Å². The van der Waals surface area contributed by atoms with Crippen molar-refractivity contribution in [1.82, 2.24) is 0 Å². The van der Waals surface area contributed by atoms with Gasteiger partial charge in [-0.15, -0.1) is 9.09 Å². The molecule has 0 spiro atoms. The molecule has 0 unspecified atom stereocenters. The number of amides is 1. The first kappa shape index (κ1) is 7.87. The summed E-state index contributed by atoms with van der Waals surface area (Å²) in [6.45, 7) is 0. The second-order valence-electron chi connectivity index (χ2n) is 1.70. The minimum atomic E-state index is -0.527. The molecule has 1 aromatic rings. The number of hydrogen-bond donors (Lipinski definition) is 1. The first-order valence-corrected chi connectivity index (χ1v) is 3.66. The summed E-state index contributed by atoms with van der Waals surface area (Å²) < 4.78 is 1.58. The van der Waals surface area contributed by atoms with Crippen molar-refractivity contribution in [3.05, 3.63) is 30.6 Å². The van der Waals surface area contributed by atoms with E-state index >= 15 is 0 Å². The molecule has 0 bridgehead atoms. The van der Waals surface area contributed by atoms with Crippen LogP contribution in [0.1, 0.15) is 0 Å². The van der Waals surface area contributed by atoms with Crippen molar-refractivity contribution in [2.75, 3.05) is 0 Å². The van der Waals surface area contributed by atoms with Crippen LogP contribution in [0.25, 0.3) is 0 Å². The lowest BCUT2D eigenvalue weighted by Crippen LogP contribution is -2.24. The Bertz CT molecular complexity index is 262. The molecular formula is C6H6N3OS+. The van der Waals surface area contributed by atoms with Gasteiger partial charge in [-0.3, -0.25) is 4.79 Å². The average Bonchev–Trinajstić information content (AvgIpc) is 2.06. The quantitative estimate of drug-likeness (QED) is 0.511. The summed E-state index contributed by atoms with van der Waals surface area (Å²) in [7, 11) is 0. The molecule has 1 heterocycles. The van der Waals surface area contributed by atoms with Crippen molar-refractivity contribution in [2.24, 2.45) is 5.11 Å². The second-order valence-corrected chi connectivity index (χ2v) is 2.66. The molecule has 0 fully saturated rings. The van der Waals surface area contributed by atoms with E-state index in [2.05, 4.69) is 5.11 Å². The molecule has 0 radical (unpaired) electrons. The number of nitrogens with zero attached hydrogens (tertiary/aromatic N) is 2. The Kier molecular flexibility index (Phi) is 2.74. The highest BCUT2D eigenvalue weighted by Gasteiger charge is 2.09. The highest BCUT2D eigenvalue weighted by molar-refractivity contribution is 8.07. The van der Waals surface area contributed by atoms with Gasteiger partial charge in [0, 0.05) is 12.1 Å². The standard InChI is InChI=1S/C6H6N3OS/c7-8-6(10)11-9-4-2-1-3-5-9/h1-5,7H/q+1. The molecule has 5 heteroatoms. The van der Waals surface area contributed by atoms with Gasteiger partial charge < -0.3 is 0 Å². The zero-order valence-electron chi connectivity index (χ0n) is 5.60. The van der Waals surface area contributed by atoms with E-state index in [0.717, 1.165) is 11.9 Å². The third kappa shape index (κ3) is 2.46. The summed E-state index contributed by atoms with van der Waals surface area (Å²) in [4.78, 5) is 10.6. The number of hydrogen-bond acceptors (Lipinski definition) is 3. The van der Waals surface area contributed by atoms with Crippen LogP contribution in [0.15, 0.2) is 35.7 Å². The van der Waals surface area contributed by atoms with Crippen molar-refractivity contribution in [3.63, 3.8) is 0 Å². The summed E-state index contributed by atoms with van der Waals surface area (Å²) in [5.74, 6) is 0. The number of rotatable bonds is 1. The van der Waals surface area contributed by atoms with E-state index in [1.165, 1.54) is 0 Å². The van der Waals surface area contributed by atoms with E-state index in [9.17, 15) is 4.79 Å². The number of carbonyl (C=O) groups excluding carboxylic acids is 1. The Labute approximate surface area is 67.9 Å². The number of pyridine rings is 1. The SMILES string of the molecule is N=NC(=O)S[n+]1ccccc1. The van der Waals surface area contributed by atoms with E-state index in [0.29, 0.717) is 0 Å². The number of carbonyl (C=O) groups is 1. The molecule has 0 aliphatic rings. The van der Waals surface area contributed by atoms with Gasteiger partial charge in [-0.2, -0.15) is 0 Å². The largest absolute Gasteiger partial charge is 0.391 e. The first-order chi connectivity index (χ1) is 5.33. The minimum Gasteiger partial charge on any atom is -0.251 e. The lowest BCUT2D eigenvalue weighted by molar-refractivity contribution is -0.492. The van der Waals surface area contributed by atoms with Crippen LogP contribution in [-0.2, 0) is 0 Å². The molecule has 0 saturated carbocycles. The maximum atomic E-state index is 10.6. The van der Waals surface area contributed by atoms with E-state index in [-0.39, 0.29) is 0 Å². The monoisotopic (exact) mass is 168 g/mol. The van der Waals surface area contributed by atoms with Crippen LogP contribution in [0, 0.1) is 5.53 Å². The summed E-state index contributed by atoms with van der Waals surface area (Å²) >= 11 is 0.867. The normalized spacial score (nSPS) is 9.09. The Morgan fingerprint density at radius 1 is 1.36 bits per heavy atom. The van der Waals surface area contributed by atoms with Crippen LogP contribution >= 0.6 is 11.9 Å². The smallest absolute Gasteiger partial charge is 0.251 e. The third-order valence-electron chi connectivity index (χ3n) is 0.963. The zero-order chi connectivity index (χ0) is 8.10. The van der Waals surface area contributed by atoms with Crippen molar-refractivity contribution < 1.29 is 8.77 Å². The van der Waals surface area contributed by atoms with Crippen molar-refractivity contribution in [1.29, 1.82) is 5.53 Å². The molecule has 0 atom stereocenters. The van der Waals surface area contributed by atoms with Crippen LogP contribution in [-0.4, -0.2) is 5.24 Å². The van der Waals surface area contributed by atoms with Gasteiger partial charge in [0.2, 0.25) is 0 Å².